The van der Waals surface area contributed by atoms with Gasteiger partial charge in [-0.2, -0.15) is 0 Å². The number of aromatic nitrogens is 1. The summed E-state index contributed by atoms with van der Waals surface area (Å²) >= 11 is 0. The van der Waals surface area contributed by atoms with Crippen molar-refractivity contribution < 1.29 is 29.0 Å². The zero-order valence-corrected chi connectivity index (χ0v) is 25.3. The number of nitrogens with one attached hydrogen (secondary N) is 1. The maximum absolute atomic E-state index is 13.2. The minimum Gasteiger partial charge on any atom is -0.497 e. The number of hydrogen-bond donors (Lipinski definition) is 2. The van der Waals surface area contributed by atoms with Crippen molar-refractivity contribution in [1.82, 2.24) is 14.8 Å². The molecule has 47 heavy (non-hydrogen) atoms. The highest BCUT2D eigenvalue weighted by atomic mass is 16.5. The van der Waals surface area contributed by atoms with Gasteiger partial charge >= 0.3 is 0 Å². The maximum Gasteiger partial charge on any atom is 0.261 e. The second kappa shape index (κ2) is 10.6. The zero-order chi connectivity index (χ0) is 32.4. The van der Waals surface area contributed by atoms with Crippen LogP contribution in [0.2, 0.25) is 0 Å². The lowest BCUT2D eigenvalue weighted by Gasteiger charge is -2.28. The molecule has 10 nitrogen and oxygen atoms in total. The van der Waals surface area contributed by atoms with Crippen molar-refractivity contribution in [3.8, 4) is 5.75 Å². The summed E-state index contributed by atoms with van der Waals surface area (Å²) in [6, 6.07) is 26.3. The van der Waals surface area contributed by atoms with Crippen molar-refractivity contribution in [1.29, 1.82) is 0 Å². The lowest BCUT2D eigenvalue weighted by atomic mass is 9.84. The molecule has 0 radical (unpaired) electrons. The number of carbonyl (C=O) groups is 4. The summed E-state index contributed by atoms with van der Waals surface area (Å²) in [5.74, 6) is -0.955. The van der Waals surface area contributed by atoms with Gasteiger partial charge in [-0.15, -0.1) is 0 Å². The number of hydrogen-bond acceptors (Lipinski definition) is 7. The molecule has 0 spiro atoms. The summed E-state index contributed by atoms with van der Waals surface area (Å²) in [6.45, 7) is 0.0562. The van der Waals surface area contributed by atoms with E-state index in [0.29, 0.717) is 50.7 Å². The molecule has 4 heterocycles. The second-order valence-electron chi connectivity index (χ2n) is 11.8. The number of amides is 4. The lowest BCUT2D eigenvalue weighted by molar-refractivity contribution is 0.0566. The predicted octanol–water partition coefficient (Wildman–Crippen LogP) is 5.02. The third-order valence-electron chi connectivity index (χ3n) is 9.36. The number of aliphatic hydroxyl groups is 1. The minimum atomic E-state index is -1.71. The Bertz CT molecular complexity index is 2150. The van der Waals surface area contributed by atoms with Gasteiger partial charge in [-0.25, -0.2) is 4.99 Å². The highest BCUT2D eigenvalue weighted by molar-refractivity contribution is 6.22. The average Bonchev–Trinajstić information content (AvgIpc) is 3.76. The predicted molar refractivity (Wildman–Crippen MR) is 173 cm³/mol. The molecule has 3 aliphatic rings. The van der Waals surface area contributed by atoms with Crippen molar-refractivity contribution in [2.75, 3.05) is 20.2 Å². The van der Waals surface area contributed by atoms with E-state index in [9.17, 15) is 24.3 Å². The van der Waals surface area contributed by atoms with Crippen molar-refractivity contribution >= 4 is 45.9 Å². The first-order valence-corrected chi connectivity index (χ1v) is 15.3. The number of imide groups is 2. The van der Waals surface area contributed by atoms with E-state index in [-0.39, 0.29) is 37.7 Å². The molecule has 0 fully saturated rings. The summed E-state index contributed by atoms with van der Waals surface area (Å²) in [6.07, 6.45) is 0.266. The summed E-state index contributed by atoms with van der Waals surface area (Å²) in [4.78, 5) is 63.6. The number of H-pyrrole nitrogens is 1. The molecule has 5 aromatic rings. The highest BCUT2D eigenvalue weighted by Gasteiger charge is 2.46. The van der Waals surface area contributed by atoms with Gasteiger partial charge in [0.05, 0.1) is 40.7 Å². The molecule has 0 bridgehead atoms. The Kier molecular flexibility index (Phi) is 6.45. The normalized spacial score (nSPS) is 18.2. The second-order valence-corrected chi connectivity index (χ2v) is 11.8. The maximum atomic E-state index is 13.2. The van der Waals surface area contributed by atoms with Crippen LogP contribution < -0.4 is 4.74 Å². The molecule has 0 unspecified atom stereocenters. The van der Waals surface area contributed by atoms with Crippen LogP contribution in [0.5, 0.6) is 5.75 Å². The molecule has 4 amide bonds. The molecule has 10 heteroatoms. The van der Waals surface area contributed by atoms with Gasteiger partial charge in [0.15, 0.2) is 0 Å². The van der Waals surface area contributed by atoms with E-state index >= 15 is 0 Å². The number of aromatic amines is 1. The van der Waals surface area contributed by atoms with Crippen LogP contribution in [0, 0.1) is 0 Å². The SMILES string of the molecule is COc1ccc2c(c1)N=C(c1[nH]c3ccccc3c1CCN1C(=O)c3ccccc3C1=O)[C@]2(O)CCN1C(=O)c2ccccc2C1=O. The van der Waals surface area contributed by atoms with Gasteiger partial charge in [0.1, 0.15) is 17.1 Å². The summed E-state index contributed by atoms with van der Waals surface area (Å²) < 4.78 is 5.44. The number of carbonyl (C=O) groups excluding carboxylic acids is 4. The van der Waals surface area contributed by atoms with Gasteiger partial charge in [-0.3, -0.25) is 29.0 Å². The molecule has 232 valence electrons. The van der Waals surface area contributed by atoms with Gasteiger partial charge in [-0.05, 0) is 54.4 Å². The molecule has 3 aliphatic heterocycles. The largest absolute Gasteiger partial charge is 0.497 e. The summed E-state index contributed by atoms with van der Waals surface area (Å²) in [7, 11) is 1.55. The van der Waals surface area contributed by atoms with Crippen LogP contribution in [0.3, 0.4) is 0 Å². The molecule has 0 saturated heterocycles. The molecular formula is C37H28N4O6. The Balaban J connectivity index is 1.18. The average molecular weight is 625 g/mol. The zero-order valence-electron chi connectivity index (χ0n) is 25.3. The quantitative estimate of drug-likeness (QED) is 0.233. The van der Waals surface area contributed by atoms with Crippen molar-refractivity contribution in [2.24, 2.45) is 4.99 Å². The van der Waals surface area contributed by atoms with Crippen LogP contribution in [0.1, 0.15) is 64.7 Å². The van der Waals surface area contributed by atoms with E-state index in [2.05, 4.69) is 4.98 Å². The highest BCUT2D eigenvalue weighted by Crippen LogP contribution is 2.46. The van der Waals surface area contributed by atoms with Gasteiger partial charge < -0.3 is 14.8 Å². The lowest BCUT2D eigenvalue weighted by Crippen LogP contribution is -2.40. The fourth-order valence-electron chi connectivity index (χ4n) is 6.98. The van der Waals surface area contributed by atoms with Crippen LogP contribution in [-0.2, 0) is 12.0 Å². The number of para-hydroxylation sites is 1. The topological polar surface area (TPSA) is 132 Å². The minimum absolute atomic E-state index is 0.0240. The van der Waals surface area contributed by atoms with Crippen LogP contribution in [0.15, 0.2) is 96.0 Å². The Morgan fingerprint density at radius 3 is 1.89 bits per heavy atom. The van der Waals surface area contributed by atoms with E-state index in [1.807, 2.05) is 24.3 Å². The number of aliphatic imine (C=N–C) groups is 1. The Labute approximate surface area is 268 Å². The summed E-state index contributed by atoms with van der Waals surface area (Å²) in [5.41, 5.74) is 3.14. The fraction of sp³-hybridized carbons (Fsp3) is 0.162. The molecule has 8 rings (SSSR count). The van der Waals surface area contributed by atoms with Crippen LogP contribution in [0.25, 0.3) is 10.9 Å². The number of rotatable bonds is 8. The van der Waals surface area contributed by atoms with Crippen LogP contribution >= 0.6 is 0 Å². The number of nitrogens with zero attached hydrogens (tertiary/aromatic N) is 3. The van der Waals surface area contributed by atoms with Crippen molar-refractivity contribution in [3.63, 3.8) is 0 Å². The molecule has 2 N–H and O–H groups in total. The Morgan fingerprint density at radius 2 is 1.30 bits per heavy atom. The first-order chi connectivity index (χ1) is 22.8. The van der Waals surface area contributed by atoms with Crippen molar-refractivity contribution in [3.05, 3.63) is 130 Å². The molecular weight excluding hydrogens is 596 g/mol. The van der Waals surface area contributed by atoms with Crippen LogP contribution in [-0.4, -0.2) is 69.4 Å². The molecule has 0 saturated carbocycles. The van der Waals surface area contributed by atoms with E-state index in [1.165, 1.54) is 4.90 Å². The summed E-state index contributed by atoms with van der Waals surface area (Å²) in [5, 5.41) is 13.5. The third-order valence-corrected chi connectivity index (χ3v) is 9.36. The molecule has 1 aromatic heterocycles. The van der Waals surface area contributed by atoms with E-state index < -0.39 is 17.4 Å². The smallest absolute Gasteiger partial charge is 0.261 e. The van der Waals surface area contributed by atoms with E-state index in [0.717, 1.165) is 21.4 Å². The van der Waals surface area contributed by atoms with Gasteiger partial charge in [0, 0.05) is 42.0 Å². The van der Waals surface area contributed by atoms with Gasteiger partial charge in [-0.1, -0.05) is 42.5 Å². The number of fused-ring (bicyclic) bond motifs is 4. The fourth-order valence-corrected chi connectivity index (χ4v) is 6.98. The van der Waals surface area contributed by atoms with E-state index in [4.69, 9.17) is 9.73 Å². The third kappa shape index (κ3) is 4.25. The standard InChI is InChI=1S/C37H28N4O6/c1-47-21-14-15-28-30(20-21)39-32(37(28,46)17-19-41-35(44)26-11-4-5-12-27(26)36(41)45)31-23(22-8-6-7-13-29(22)38-31)16-18-40-33(42)24-9-2-3-10-25(24)34(40)43/h2-15,20,38,46H,16-19H2,1H3/t37-/m0/s1. The number of ether oxygens (including phenoxy) is 1. The molecule has 0 aliphatic carbocycles. The number of methoxy groups -OCH3 is 1. The Hall–Kier alpha value is -5.87. The molecule has 1 atom stereocenters. The van der Waals surface area contributed by atoms with Crippen LogP contribution in [0.4, 0.5) is 5.69 Å². The van der Waals surface area contributed by atoms with E-state index in [1.54, 1.807) is 73.8 Å². The van der Waals surface area contributed by atoms with Crippen molar-refractivity contribution in [2.45, 2.75) is 18.4 Å². The first kappa shape index (κ1) is 28.6. The Morgan fingerprint density at radius 1 is 0.745 bits per heavy atom. The first-order valence-electron chi connectivity index (χ1n) is 15.3. The van der Waals surface area contributed by atoms with Gasteiger partial charge in [0.25, 0.3) is 23.6 Å². The van der Waals surface area contributed by atoms with Gasteiger partial charge in [0.2, 0.25) is 0 Å². The number of benzene rings is 4. The molecule has 4 aromatic carbocycles. The monoisotopic (exact) mass is 624 g/mol.